The van der Waals surface area contributed by atoms with Gasteiger partial charge in [0.25, 0.3) is 0 Å². The van der Waals surface area contributed by atoms with Crippen LogP contribution in [-0.2, 0) is 0 Å². The fourth-order valence-electron chi connectivity index (χ4n) is 2.67. The summed E-state index contributed by atoms with van der Waals surface area (Å²) in [6.07, 6.45) is 10.6. The van der Waals surface area contributed by atoms with Gasteiger partial charge in [0, 0.05) is 5.71 Å². The normalized spacial score (nSPS) is 10.2. The van der Waals surface area contributed by atoms with E-state index in [2.05, 4.69) is 62.9 Å². The van der Waals surface area contributed by atoms with E-state index < -0.39 is 0 Å². The Kier molecular flexibility index (Phi) is 20.1. The highest BCUT2D eigenvalue weighted by atomic mass is 14.8. The molecule has 0 saturated carbocycles. The highest BCUT2D eigenvalue weighted by Crippen LogP contribution is 2.17. The third kappa shape index (κ3) is 15.3. The zero-order chi connectivity index (χ0) is 25.6. The minimum atomic E-state index is 0.804. The number of allylic oxidation sites excluding steroid dienone is 6. The second-order valence-electron chi connectivity index (χ2n) is 7.04. The Morgan fingerprint density at radius 2 is 1.45 bits per heavy atom. The van der Waals surface area contributed by atoms with Gasteiger partial charge in [0.2, 0.25) is 0 Å². The van der Waals surface area contributed by atoms with Gasteiger partial charge in [0.05, 0.1) is 5.70 Å². The van der Waals surface area contributed by atoms with Crippen molar-refractivity contribution in [2.45, 2.75) is 61.8 Å². The summed E-state index contributed by atoms with van der Waals surface area (Å²) in [7, 11) is 0. The molecule has 0 radical (unpaired) electrons. The molecule has 0 N–H and O–H groups in total. The first-order valence-electron chi connectivity index (χ1n) is 11.8. The topological polar surface area (TPSA) is 12.4 Å². The lowest BCUT2D eigenvalue weighted by Gasteiger charge is -2.08. The van der Waals surface area contributed by atoms with Crippen LogP contribution < -0.4 is 0 Å². The zero-order valence-electron chi connectivity index (χ0n) is 22.3. The fraction of sp³-hybridized carbons (Fsp3) is 0.281. The molecule has 1 heteroatoms. The van der Waals surface area contributed by atoms with Crippen LogP contribution in [0.3, 0.4) is 0 Å². The molecule has 0 aliphatic carbocycles. The van der Waals surface area contributed by atoms with Crippen LogP contribution in [-0.4, -0.2) is 5.71 Å². The molecule has 2 aromatic carbocycles. The average Bonchev–Trinajstić information content (AvgIpc) is 2.82. The van der Waals surface area contributed by atoms with Crippen LogP contribution in [0.15, 0.2) is 109 Å². The molecule has 0 atom stereocenters. The lowest BCUT2D eigenvalue weighted by Crippen LogP contribution is -1.99. The monoisotopic (exact) mass is 443 g/mol. The number of aliphatic imine (C=N–C) groups is 1. The first-order chi connectivity index (χ1) is 15.8. The summed E-state index contributed by atoms with van der Waals surface area (Å²) in [5.41, 5.74) is 7.76. The van der Waals surface area contributed by atoms with Crippen LogP contribution in [0.5, 0.6) is 0 Å². The van der Waals surface area contributed by atoms with E-state index in [-0.39, 0.29) is 0 Å². The summed E-state index contributed by atoms with van der Waals surface area (Å²) in [6.45, 7) is 27.7. The van der Waals surface area contributed by atoms with Gasteiger partial charge in [-0.3, -0.25) is 4.99 Å². The molecule has 0 amide bonds. The molecule has 0 unspecified atom stereocenters. The molecule has 0 aromatic heterocycles. The molecule has 0 aliphatic heterocycles. The van der Waals surface area contributed by atoms with Crippen LogP contribution in [0, 0.1) is 13.8 Å². The molecule has 2 aromatic rings. The third-order valence-electron chi connectivity index (χ3n) is 4.14. The van der Waals surface area contributed by atoms with Crippen molar-refractivity contribution in [3.05, 3.63) is 126 Å². The lowest BCUT2D eigenvalue weighted by molar-refractivity contribution is 1.23. The van der Waals surface area contributed by atoms with Gasteiger partial charge < -0.3 is 0 Å². The molecule has 0 spiro atoms. The molecular formula is C32H45N. The first-order valence-corrected chi connectivity index (χ1v) is 11.8. The summed E-state index contributed by atoms with van der Waals surface area (Å²) in [4.78, 5) is 4.63. The van der Waals surface area contributed by atoms with E-state index in [9.17, 15) is 0 Å². The highest BCUT2D eigenvalue weighted by molar-refractivity contribution is 6.02. The van der Waals surface area contributed by atoms with Gasteiger partial charge in [-0.2, -0.15) is 0 Å². The molecule has 178 valence electrons. The van der Waals surface area contributed by atoms with Gasteiger partial charge >= 0.3 is 0 Å². The van der Waals surface area contributed by atoms with Crippen molar-refractivity contribution in [1.29, 1.82) is 0 Å². The third-order valence-corrected chi connectivity index (χ3v) is 4.14. The molecule has 2 rings (SSSR count). The Morgan fingerprint density at radius 3 is 1.97 bits per heavy atom. The van der Waals surface area contributed by atoms with E-state index in [0.29, 0.717) is 0 Å². The van der Waals surface area contributed by atoms with Crippen molar-refractivity contribution < 1.29 is 0 Å². The summed E-state index contributed by atoms with van der Waals surface area (Å²) in [6, 6.07) is 16.5. The molecule has 0 bridgehead atoms. The number of rotatable bonds is 7. The number of hydrogen-bond donors (Lipinski definition) is 0. The SMILES string of the molecule is C=C(N=C(C)c1ccc(C)cc1C)c1ccccc1.C=C/C=C\C=C/CC(=C)C.CC.CC. The maximum absolute atomic E-state index is 4.63. The van der Waals surface area contributed by atoms with Crippen LogP contribution >= 0.6 is 0 Å². The van der Waals surface area contributed by atoms with E-state index in [1.165, 1.54) is 22.3 Å². The molecule has 0 aliphatic rings. The number of benzene rings is 2. The van der Waals surface area contributed by atoms with Crippen molar-refractivity contribution in [3.8, 4) is 0 Å². The van der Waals surface area contributed by atoms with Crippen molar-refractivity contribution in [3.63, 3.8) is 0 Å². The Morgan fingerprint density at radius 1 is 0.848 bits per heavy atom. The second kappa shape index (κ2) is 20.7. The molecule has 33 heavy (non-hydrogen) atoms. The van der Waals surface area contributed by atoms with E-state index in [1.54, 1.807) is 6.08 Å². The second-order valence-corrected chi connectivity index (χ2v) is 7.04. The van der Waals surface area contributed by atoms with Gasteiger partial charge in [-0.25, -0.2) is 0 Å². The van der Waals surface area contributed by atoms with E-state index in [0.717, 1.165) is 23.4 Å². The smallest absolute Gasteiger partial charge is 0.0633 e. The Bertz CT molecular complexity index is 909. The quantitative estimate of drug-likeness (QED) is 0.229. The lowest BCUT2D eigenvalue weighted by atomic mass is 10.0. The van der Waals surface area contributed by atoms with Gasteiger partial charge in [-0.15, -0.1) is 0 Å². The molecule has 0 saturated heterocycles. The Hall–Kier alpha value is -3.19. The van der Waals surface area contributed by atoms with E-state index in [4.69, 9.17) is 0 Å². The van der Waals surface area contributed by atoms with Gasteiger partial charge in [0.15, 0.2) is 0 Å². The van der Waals surface area contributed by atoms with Crippen molar-refractivity contribution in [1.82, 2.24) is 0 Å². The average molecular weight is 444 g/mol. The van der Waals surface area contributed by atoms with Crippen molar-refractivity contribution >= 4 is 11.4 Å². The first kappa shape index (κ1) is 32.0. The van der Waals surface area contributed by atoms with Crippen LogP contribution in [0.4, 0.5) is 0 Å². The Labute approximate surface area is 204 Å². The molecule has 0 heterocycles. The minimum Gasteiger partial charge on any atom is -0.253 e. The molecule has 1 nitrogen and oxygen atoms in total. The number of aryl methyl sites for hydroxylation is 2. The predicted octanol–water partition coefficient (Wildman–Crippen LogP) is 10.1. The molecular weight excluding hydrogens is 398 g/mol. The summed E-state index contributed by atoms with van der Waals surface area (Å²) < 4.78 is 0. The van der Waals surface area contributed by atoms with Crippen molar-refractivity contribution in [2.75, 3.05) is 0 Å². The maximum atomic E-state index is 4.63. The van der Waals surface area contributed by atoms with E-state index >= 15 is 0 Å². The minimum absolute atomic E-state index is 0.804. The Balaban J connectivity index is 0. The van der Waals surface area contributed by atoms with Gasteiger partial charge in [-0.1, -0.05) is 137 Å². The van der Waals surface area contributed by atoms with Crippen LogP contribution in [0.2, 0.25) is 0 Å². The predicted molar refractivity (Wildman–Crippen MR) is 154 cm³/mol. The van der Waals surface area contributed by atoms with Gasteiger partial charge in [0.1, 0.15) is 0 Å². The largest absolute Gasteiger partial charge is 0.253 e. The number of nitrogens with zero attached hydrogens (tertiary/aromatic N) is 1. The summed E-state index contributed by atoms with van der Waals surface area (Å²) in [5.74, 6) is 0. The van der Waals surface area contributed by atoms with Crippen LogP contribution in [0.25, 0.3) is 5.70 Å². The fourth-order valence-corrected chi connectivity index (χ4v) is 2.67. The van der Waals surface area contributed by atoms with E-state index in [1.807, 2.05) is 90.1 Å². The highest BCUT2D eigenvalue weighted by Gasteiger charge is 2.03. The molecule has 0 fully saturated rings. The summed E-state index contributed by atoms with van der Waals surface area (Å²) in [5, 5.41) is 0. The van der Waals surface area contributed by atoms with Crippen LogP contribution in [0.1, 0.15) is 70.2 Å². The zero-order valence-corrected chi connectivity index (χ0v) is 22.3. The summed E-state index contributed by atoms with van der Waals surface area (Å²) >= 11 is 0. The standard InChI is InChI=1S/C18H19N.C10H14.2C2H6/c1-13-10-11-18(14(2)12-13)16(4)19-15(3)17-8-6-5-7-9-17;1-4-5-6-7-8-9-10(2)3;2*1-2/h5-12H,3H2,1-2,4H3;4-8H,1-2,9H2,3H3;2*1-2H3/b;6-5-,8-7-;;. The van der Waals surface area contributed by atoms with Crippen molar-refractivity contribution in [2.24, 2.45) is 4.99 Å². The van der Waals surface area contributed by atoms with Gasteiger partial charge in [-0.05, 0) is 50.8 Å². The maximum Gasteiger partial charge on any atom is 0.0633 e. The number of hydrogen-bond acceptors (Lipinski definition) is 1.